The number of hydrogen-bond donors (Lipinski definition) is 2. The summed E-state index contributed by atoms with van der Waals surface area (Å²) in [6, 6.07) is 4.69. The van der Waals surface area contributed by atoms with E-state index in [4.69, 9.17) is 5.11 Å². The van der Waals surface area contributed by atoms with E-state index in [9.17, 15) is 14.3 Å². The number of rotatable bonds is 2. The maximum atomic E-state index is 12.4. The Kier molecular flexibility index (Phi) is 2.34. The van der Waals surface area contributed by atoms with Crippen LogP contribution >= 0.6 is 0 Å². The van der Waals surface area contributed by atoms with Gasteiger partial charge >= 0.3 is 5.97 Å². The van der Waals surface area contributed by atoms with Crippen molar-refractivity contribution in [3.63, 3.8) is 0 Å². The fourth-order valence-corrected chi connectivity index (χ4v) is 0.898. The molecule has 13 heavy (non-hydrogen) atoms. The van der Waals surface area contributed by atoms with Gasteiger partial charge in [-0.3, -0.25) is 0 Å². The first kappa shape index (κ1) is 9.67. The number of carbonyl (C=O) groups is 1. The number of carboxylic acid groups (broad SMARTS) is 1. The molecule has 0 aliphatic rings. The lowest BCUT2D eigenvalue weighted by Gasteiger charge is -2.17. The Morgan fingerprint density at radius 2 is 1.85 bits per heavy atom. The van der Waals surface area contributed by atoms with Crippen LogP contribution in [0.3, 0.4) is 0 Å². The second-order valence-corrected chi connectivity index (χ2v) is 2.88. The molecule has 0 unspecified atom stereocenters. The average molecular weight is 184 g/mol. The van der Waals surface area contributed by atoms with E-state index in [1.165, 1.54) is 12.1 Å². The molecule has 1 aromatic rings. The summed E-state index contributed by atoms with van der Waals surface area (Å²) in [6.45, 7) is 1.14. The minimum Gasteiger partial charge on any atom is -0.479 e. The van der Waals surface area contributed by atoms with E-state index in [0.29, 0.717) is 0 Å². The molecule has 0 bridgehead atoms. The molecule has 0 saturated carbocycles. The summed E-state index contributed by atoms with van der Waals surface area (Å²) in [7, 11) is 0. The Bertz CT molecular complexity index is 316. The van der Waals surface area contributed by atoms with Gasteiger partial charge in [-0.25, -0.2) is 9.18 Å². The SMILES string of the molecule is C[C@@](O)(C(=O)O)c1ccc(F)cc1. The van der Waals surface area contributed by atoms with E-state index >= 15 is 0 Å². The first-order chi connectivity index (χ1) is 5.94. The summed E-state index contributed by atoms with van der Waals surface area (Å²) in [6.07, 6.45) is 0. The van der Waals surface area contributed by atoms with Crippen LogP contribution in [0.15, 0.2) is 24.3 Å². The Morgan fingerprint density at radius 1 is 1.38 bits per heavy atom. The Morgan fingerprint density at radius 3 is 2.23 bits per heavy atom. The summed E-state index contributed by atoms with van der Waals surface area (Å²) >= 11 is 0. The smallest absolute Gasteiger partial charge is 0.340 e. The molecular weight excluding hydrogens is 175 g/mol. The Labute approximate surface area is 74.4 Å². The minimum atomic E-state index is -1.96. The van der Waals surface area contributed by atoms with Gasteiger partial charge < -0.3 is 10.2 Å². The topological polar surface area (TPSA) is 57.5 Å². The van der Waals surface area contributed by atoms with Crippen LogP contribution in [0.4, 0.5) is 4.39 Å². The van der Waals surface area contributed by atoms with E-state index in [0.717, 1.165) is 19.1 Å². The van der Waals surface area contributed by atoms with Crippen LogP contribution in [0.2, 0.25) is 0 Å². The number of hydrogen-bond acceptors (Lipinski definition) is 2. The van der Waals surface area contributed by atoms with Gasteiger partial charge in [-0.1, -0.05) is 12.1 Å². The van der Waals surface area contributed by atoms with Crippen LogP contribution in [0.1, 0.15) is 12.5 Å². The maximum absolute atomic E-state index is 12.4. The highest BCUT2D eigenvalue weighted by Gasteiger charge is 2.31. The zero-order valence-corrected chi connectivity index (χ0v) is 6.99. The second-order valence-electron chi connectivity index (χ2n) is 2.88. The first-order valence-corrected chi connectivity index (χ1v) is 3.66. The van der Waals surface area contributed by atoms with Crippen LogP contribution < -0.4 is 0 Å². The van der Waals surface area contributed by atoms with Crippen molar-refractivity contribution >= 4 is 5.97 Å². The lowest BCUT2D eigenvalue weighted by molar-refractivity contribution is -0.157. The van der Waals surface area contributed by atoms with Crippen LogP contribution in [-0.4, -0.2) is 16.2 Å². The fourth-order valence-electron chi connectivity index (χ4n) is 0.898. The highest BCUT2D eigenvalue weighted by Crippen LogP contribution is 2.20. The number of aliphatic carboxylic acids is 1. The van der Waals surface area contributed by atoms with Crippen molar-refractivity contribution in [3.8, 4) is 0 Å². The van der Waals surface area contributed by atoms with Crippen LogP contribution in [0, 0.1) is 5.82 Å². The molecule has 0 spiro atoms. The third kappa shape index (κ3) is 1.84. The van der Waals surface area contributed by atoms with E-state index in [1.54, 1.807) is 0 Å². The summed E-state index contributed by atoms with van der Waals surface area (Å²) in [5.74, 6) is -1.83. The van der Waals surface area contributed by atoms with Crippen LogP contribution in [0.25, 0.3) is 0 Å². The van der Waals surface area contributed by atoms with Gasteiger partial charge in [0.1, 0.15) is 5.82 Å². The molecule has 70 valence electrons. The van der Waals surface area contributed by atoms with E-state index in [2.05, 4.69) is 0 Å². The van der Waals surface area contributed by atoms with Crippen molar-refractivity contribution in [2.24, 2.45) is 0 Å². The largest absolute Gasteiger partial charge is 0.479 e. The first-order valence-electron chi connectivity index (χ1n) is 3.66. The van der Waals surface area contributed by atoms with E-state index in [1.807, 2.05) is 0 Å². The van der Waals surface area contributed by atoms with Gasteiger partial charge in [0, 0.05) is 0 Å². The zero-order chi connectivity index (χ0) is 10.1. The normalized spacial score (nSPS) is 15.0. The molecule has 0 aliphatic heterocycles. The molecule has 0 amide bonds. The molecule has 1 rings (SSSR count). The van der Waals surface area contributed by atoms with Gasteiger partial charge in [0.25, 0.3) is 0 Å². The molecule has 1 atom stereocenters. The summed E-state index contributed by atoms with van der Waals surface area (Å²) in [4.78, 5) is 10.6. The lowest BCUT2D eigenvalue weighted by Crippen LogP contribution is -2.31. The molecule has 0 radical (unpaired) electrons. The van der Waals surface area contributed by atoms with E-state index < -0.39 is 17.4 Å². The van der Waals surface area contributed by atoms with Crippen molar-refractivity contribution in [2.45, 2.75) is 12.5 Å². The van der Waals surface area contributed by atoms with Crippen molar-refractivity contribution in [1.82, 2.24) is 0 Å². The van der Waals surface area contributed by atoms with Crippen molar-refractivity contribution in [3.05, 3.63) is 35.6 Å². The van der Waals surface area contributed by atoms with Gasteiger partial charge in [-0.15, -0.1) is 0 Å². The molecular formula is C9H9FO3. The van der Waals surface area contributed by atoms with Gasteiger partial charge in [0.2, 0.25) is 0 Å². The average Bonchev–Trinajstić information content (AvgIpc) is 2.04. The molecule has 0 saturated heterocycles. The summed E-state index contributed by atoms with van der Waals surface area (Å²) in [5.41, 5.74) is -1.81. The Hall–Kier alpha value is -1.42. The molecule has 4 heteroatoms. The monoisotopic (exact) mass is 184 g/mol. The summed E-state index contributed by atoms with van der Waals surface area (Å²) in [5, 5.41) is 18.1. The van der Waals surface area contributed by atoms with Crippen molar-refractivity contribution in [2.75, 3.05) is 0 Å². The molecule has 1 aromatic carbocycles. The zero-order valence-electron chi connectivity index (χ0n) is 6.99. The molecule has 0 heterocycles. The van der Waals surface area contributed by atoms with Gasteiger partial charge in [0.15, 0.2) is 5.60 Å². The predicted molar refractivity (Wildman–Crippen MR) is 43.6 cm³/mol. The third-order valence-corrected chi connectivity index (χ3v) is 1.82. The fraction of sp³-hybridized carbons (Fsp3) is 0.222. The molecule has 3 nitrogen and oxygen atoms in total. The van der Waals surface area contributed by atoms with Crippen molar-refractivity contribution < 1.29 is 19.4 Å². The maximum Gasteiger partial charge on any atom is 0.340 e. The van der Waals surface area contributed by atoms with Gasteiger partial charge in [0.05, 0.1) is 0 Å². The summed E-state index contributed by atoms with van der Waals surface area (Å²) < 4.78 is 12.4. The number of halogens is 1. The highest BCUT2D eigenvalue weighted by atomic mass is 19.1. The quantitative estimate of drug-likeness (QED) is 0.724. The van der Waals surface area contributed by atoms with E-state index in [-0.39, 0.29) is 5.56 Å². The molecule has 2 N–H and O–H groups in total. The predicted octanol–water partition coefficient (Wildman–Crippen LogP) is 1.12. The molecule has 0 fully saturated rings. The number of aliphatic hydroxyl groups is 1. The van der Waals surface area contributed by atoms with Crippen LogP contribution in [0.5, 0.6) is 0 Å². The Balaban J connectivity index is 3.08. The lowest BCUT2D eigenvalue weighted by atomic mass is 9.96. The van der Waals surface area contributed by atoms with Crippen LogP contribution in [-0.2, 0) is 10.4 Å². The van der Waals surface area contributed by atoms with Gasteiger partial charge in [-0.05, 0) is 24.6 Å². The number of carboxylic acids is 1. The standard InChI is InChI=1S/C9H9FO3/c1-9(13,8(11)12)6-2-4-7(10)5-3-6/h2-5,13H,1H3,(H,11,12)/t9-/m0/s1. The van der Waals surface area contributed by atoms with Gasteiger partial charge in [-0.2, -0.15) is 0 Å². The molecule has 0 aromatic heterocycles. The minimum absolute atomic E-state index is 0.154. The highest BCUT2D eigenvalue weighted by molar-refractivity contribution is 5.78. The molecule has 0 aliphatic carbocycles. The number of benzene rings is 1. The third-order valence-electron chi connectivity index (χ3n) is 1.82. The second kappa shape index (κ2) is 3.14. The van der Waals surface area contributed by atoms with Crippen molar-refractivity contribution in [1.29, 1.82) is 0 Å².